The van der Waals surface area contributed by atoms with Crippen LogP contribution in [0.2, 0.25) is 0 Å². The molecule has 0 atom stereocenters. The number of nitrogens with zero attached hydrogens (tertiary/aromatic N) is 1. The maximum absolute atomic E-state index is 8.77. The van der Waals surface area contributed by atoms with Crippen LogP contribution in [-0.4, -0.2) is 21.5 Å². The molecule has 9 heavy (non-hydrogen) atoms. The SMILES string of the molecule is CC(C)=NO.O=C(O)Cl. The Kier molecular flexibility index (Phi) is 8.90. The highest BCUT2D eigenvalue weighted by atomic mass is 35.5. The Hall–Kier alpha value is -0.770. The van der Waals surface area contributed by atoms with Crippen LogP contribution in [0.3, 0.4) is 0 Å². The van der Waals surface area contributed by atoms with Gasteiger partial charge in [0.05, 0.1) is 5.71 Å². The van der Waals surface area contributed by atoms with Gasteiger partial charge in [0, 0.05) is 11.6 Å². The zero-order valence-electron chi connectivity index (χ0n) is 5.13. The van der Waals surface area contributed by atoms with E-state index in [9.17, 15) is 0 Å². The van der Waals surface area contributed by atoms with Crippen molar-refractivity contribution in [2.24, 2.45) is 5.16 Å². The minimum Gasteiger partial charge on any atom is -0.469 e. The van der Waals surface area contributed by atoms with Crippen molar-refractivity contribution in [1.82, 2.24) is 0 Å². The minimum atomic E-state index is -1.36. The first-order valence-electron chi connectivity index (χ1n) is 2.04. The fraction of sp³-hybridized carbons (Fsp3) is 0.500. The van der Waals surface area contributed by atoms with Crippen molar-refractivity contribution in [2.75, 3.05) is 0 Å². The van der Waals surface area contributed by atoms with Crippen molar-refractivity contribution >= 4 is 22.7 Å². The summed E-state index contributed by atoms with van der Waals surface area (Å²) in [6, 6.07) is 0. The summed E-state index contributed by atoms with van der Waals surface area (Å²) in [5, 5.41) is 17.7. The van der Waals surface area contributed by atoms with E-state index in [2.05, 4.69) is 16.8 Å². The van der Waals surface area contributed by atoms with E-state index in [1.807, 2.05) is 0 Å². The fourth-order valence-corrected chi connectivity index (χ4v) is 0. The third-order valence-corrected chi connectivity index (χ3v) is 0.200. The monoisotopic (exact) mass is 153 g/mol. The van der Waals surface area contributed by atoms with Gasteiger partial charge < -0.3 is 10.3 Å². The molecule has 54 valence electrons. The average molecular weight is 154 g/mol. The molecule has 5 heteroatoms. The first-order chi connectivity index (χ1) is 4.00. The second kappa shape index (κ2) is 7.23. The molecule has 0 fully saturated rings. The van der Waals surface area contributed by atoms with Gasteiger partial charge in [-0.1, -0.05) is 5.16 Å². The zero-order valence-corrected chi connectivity index (χ0v) is 5.88. The Morgan fingerprint density at radius 1 is 1.56 bits per heavy atom. The Balaban J connectivity index is 0. The van der Waals surface area contributed by atoms with E-state index in [0.717, 1.165) is 0 Å². The topological polar surface area (TPSA) is 69.9 Å². The van der Waals surface area contributed by atoms with Crippen LogP contribution in [0.4, 0.5) is 4.79 Å². The van der Waals surface area contributed by atoms with Gasteiger partial charge in [0.25, 0.3) is 0 Å². The number of hydrogen-bond acceptors (Lipinski definition) is 3. The molecule has 4 nitrogen and oxygen atoms in total. The molecule has 0 radical (unpaired) electrons. The molecule has 0 rings (SSSR count). The van der Waals surface area contributed by atoms with Crippen molar-refractivity contribution < 1.29 is 15.1 Å². The average Bonchev–Trinajstić information content (AvgIpc) is 1.65. The third-order valence-electron chi connectivity index (χ3n) is 0.200. The van der Waals surface area contributed by atoms with Crippen LogP contribution in [0.1, 0.15) is 13.8 Å². The lowest BCUT2D eigenvalue weighted by atomic mass is 10.5. The lowest BCUT2D eigenvalue weighted by Crippen LogP contribution is -1.74. The predicted molar refractivity (Wildman–Crippen MR) is 34.4 cm³/mol. The van der Waals surface area contributed by atoms with E-state index in [1.165, 1.54) is 0 Å². The Morgan fingerprint density at radius 3 is 1.67 bits per heavy atom. The van der Waals surface area contributed by atoms with E-state index < -0.39 is 5.43 Å². The highest BCUT2D eigenvalue weighted by Gasteiger charge is 1.71. The van der Waals surface area contributed by atoms with Gasteiger partial charge in [-0.2, -0.15) is 0 Å². The largest absolute Gasteiger partial charge is 0.469 e. The van der Waals surface area contributed by atoms with Crippen LogP contribution in [0, 0.1) is 0 Å². The van der Waals surface area contributed by atoms with Crippen LogP contribution in [0.5, 0.6) is 0 Å². The van der Waals surface area contributed by atoms with E-state index in [-0.39, 0.29) is 0 Å². The van der Waals surface area contributed by atoms with Crippen molar-refractivity contribution in [3.8, 4) is 0 Å². The maximum Gasteiger partial charge on any atom is 0.401 e. The minimum absolute atomic E-state index is 0.685. The summed E-state index contributed by atoms with van der Waals surface area (Å²) in [4.78, 5) is 8.77. The molecule has 0 aromatic heterocycles. The normalized spacial score (nSPS) is 6.56. The van der Waals surface area contributed by atoms with Gasteiger partial charge >= 0.3 is 5.43 Å². The van der Waals surface area contributed by atoms with Crippen LogP contribution in [-0.2, 0) is 0 Å². The van der Waals surface area contributed by atoms with Crippen LogP contribution < -0.4 is 0 Å². The van der Waals surface area contributed by atoms with E-state index in [4.69, 9.17) is 15.1 Å². The molecule has 0 aromatic rings. The number of hydrogen-bond donors (Lipinski definition) is 2. The highest BCUT2D eigenvalue weighted by Crippen LogP contribution is 1.67. The molecular formula is C4H8ClNO3. The van der Waals surface area contributed by atoms with Crippen molar-refractivity contribution in [2.45, 2.75) is 13.8 Å². The molecule has 0 aliphatic heterocycles. The van der Waals surface area contributed by atoms with E-state index >= 15 is 0 Å². The molecule has 0 spiro atoms. The van der Waals surface area contributed by atoms with Crippen molar-refractivity contribution in [1.29, 1.82) is 0 Å². The molecule has 2 N–H and O–H groups in total. The summed E-state index contributed by atoms with van der Waals surface area (Å²) in [5.74, 6) is 0. The van der Waals surface area contributed by atoms with Gasteiger partial charge in [0.1, 0.15) is 0 Å². The first kappa shape index (κ1) is 11.1. The Labute approximate surface area is 57.7 Å². The van der Waals surface area contributed by atoms with Gasteiger partial charge in [0.2, 0.25) is 0 Å². The molecule has 0 aliphatic carbocycles. The summed E-state index contributed by atoms with van der Waals surface area (Å²) in [7, 11) is 0. The molecule has 0 unspecified atom stereocenters. The molecule has 0 aromatic carbocycles. The Bertz CT molecular complexity index is 104. The number of carboxylic acid groups (broad SMARTS) is 1. The van der Waals surface area contributed by atoms with Gasteiger partial charge in [0.15, 0.2) is 0 Å². The highest BCUT2D eigenvalue weighted by molar-refractivity contribution is 6.60. The lowest BCUT2D eigenvalue weighted by molar-refractivity contribution is 0.220. The molecule has 0 saturated carbocycles. The zero-order chi connectivity index (χ0) is 7.86. The smallest absolute Gasteiger partial charge is 0.401 e. The molecular weight excluding hydrogens is 146 g/mol. The fourth-order valence-electron chi connectivity index (χ4n) is 0. The summed E-state index contributed by atoms with van der Waals surface area (Å²) >= 11 is 4.19. The molecule has 0 amide bonds. The van der Waals surface area contributed by atoms with Gasteiger partial charge in [-0.25, -0.2) is 4.79 Å². The summed E-state index contributed by atoms with van der Waals surface area (Å²) in [5.41, 5.74) is -0.676. The van der Waals surface area contributed by atoms with Crippen LogP contribution in [0.25, 0.3) is 0 Å². The van der Waals surface area contributed by atoms with Gasteiger partial charge in [-0.3, -0.25) is 0 Å². The van der Waals surface area contributed by atoms with Crippen LogP contribution >= 0.6 is 11.6 Å². The summed E-state index contributed by atoms with van der Waals surface area (Å²) in [6.45, 7) is 3.44. The summed E-state index contributed by atoms with van der Waals surface area (Å²) in [6.07, 6.45) is 0. The number of carbonyl (C=O) groups is 1. The van der Waals surface area contributed by atoms with Crippen molar-refractivity contribution in [3.63, 3.8) is 0 Å². The number of oxime groups is 1. The molecule has 0 bridgehead atoms. The van der Waals surface area contributed by atoms with E-state index in [0.29, 0.717) is 5.71 Å². The van der Waals surface area contributed by atoms with Crippen molar-refractivity contribution in [3.05, 3.63) is 0 Å². The third kappa shape index (κ3) is 131. The second-order valence-corrected chi connectivity index (χ2v) is 1.62. The summed E-state index contributed by atoms with van der Waals surface area (Å²) < 4.78 is 0. The Morgan fingerprint density at radius 2 is 1.67 bits per heavy atom. The number of rotatable bonds is 0. The lowest BCUT2D eigenvalue weighted by Gasteiger charge is -1.72. The number of halogens is 1. The molecule has 0 aliphatic rings. The molecule has 0 saturated heterocycles. The quantitative estimate of drug-likeness (QED) is 0.241. The van der Waals surface area contributed by atoms with Gasteiger partial charge in [-0.05, 0) is 13.8 Å². The second-order valence-electron chi connectivity index (χ2n) is 1.30. The first-order valence-corrected chi connectivity index (χ1v) is 2.42. The van der Waals surface area contributed by atoms with Crippen LogP contribution in [0.15, 0.2) is 5.16 Å². The standard InChI is InChI=1S/C3H7NO.CHClO2/c1-3(2)4-5;2-1(3)4/h5H,1-2H3;(H,3,4). The molecule has 0 heterocycles. The predicted octanol–water partition coefficient (Wildman–Crippen LogP) is 1.76. The van der Waals surface area contributed by atoms with Gasteiger partial charge in [-0.15, -0.1) is 0 Å². The maximum atomic E-state index is 8.77. The van der Waals surface area contributed by atoms with E-state index in [1.54, 1.807) is 13.8 Å².